The van der Waals surface area contributed by atoms with Gasteiger partial charge in [0, 0.05) is 18.7 Å². The Morgan fingerprint density at radius 1 is 1.47 bits per heavy atom. The number of carbonyl (C=O) groups excluding carboxylic acids is 2. The highest BCUT2D eigenvalue weighted by Gasteiger charge is 2.19. The predicted octanol–water partition coefficient (Wildman–Crippen LogP) is 1.61. The van der Waals surface area contributed by atoms with E-state index in [9.17, 15) is 9.59 Å². The summed E-state index contributed by atoms with van der Waals surface area (Å²) >= 11 is 1.22. The van der Waals surface area contributed by atoms with Gasteiger partial charge in [-0.15, -0.1) is 11.3 Å². The third-order valence-electron chi connectivity index (χ3n) is 1.79. The number of nitrogens with two attached hydrogens (primary N) is 2. The first-order valence-electron chi connectivity index (χ1n) is 6.08. The fourth-order valence-corrected chi connectivity index (χ4v) is 2.00. The van der Waals surface area contributed by atoms with E-state index >= 15 is 0 Å². The van der Waals surface area contributed by atoms with Crippen LogP contribution in [0.25, 0.3) is 0 Å². The molecule has 108 valence electrons. The Morgan fingerprint density at radius 3 is 2.42 bits per heavy atom. The monoisotopic (exact) mass is 287 g/mol. The van der Waals surface area contributed by atoms with E-state index in [0.717, 1.165) is 0 Å². The third-order valence-corrected chi connectivity index (χ3v) is 2.72. The van der Waals surface area contributed by atoms with Crippen molar-refractivity contribution >= 4 is 23.2 Å². The summed E-state index contributed by atoms with van der Waals surface area (Å²) in [6.45, 7) is 5.93. The molecule has 1 heterocycles. The number of thiazole rings is 1. The molecule has 6 nitrogen and oxygen atoms in total. The maximum absolute atomic E-state index is 10.9. The molecule has 0 saturated carbocycles. The van der Waals surface area contributed by atoms with E-state index in [4.69, 9.17) is 16.2 Å². The van der Waals surface area contributed by atoms with Crippen LogP contribution in [0.1, 0.15) is 55.2 Å². The maximum Gasteiger partial charge on any atom is 0.303 e. The molecule has 1 aromatic heterocycles. The summed E-state index contributed by atoms with van der Waals surface area (Å²) in [7, 11) is 0. The molecule has 4 N–H and O–H groups in total. The van der Waals surface area contributed by atoms with Gasteiger partial charge in [-0.1, -0.05) is 20.3 Å². The van der Waals surface area contributed by atoms with Gasteiger partial charge in [-0.3, -0.25) is 9.59 Å². The summed E-state index contributed by atoms with van der Waals surface area (Å²) in [4.78, 5) is 25.7. The minimum atomic E-state index is -0.600. The van der Waals surface area contributed by atoms with E-state index in [-0.39, 0.29) is 5.69 Å². The van der Waals surface area contributed by atoms with Crippen LogP contribution in [0, 0.1) is 0 Å². The van der Waals surface area contributed by atoms with E-state index in [1.807, 2.05) is 0 Å². The number of hydrogen-bond acceptors (Lipinski definition) is 6. The minimum absolute atomic E-state index is 0.175. The van der Waals surface area contributed by atoms with Crippen LogP contribution < -0.4 is 11.5 Å². The van der Waals surface area contributed by atoms with Crippen LogP contribution in [0.5, 0.6) is 0 Å². The molecule has 0 aliphatic rings. The van der Waals surface area contributed by atoms with Crippen molar-refractivity contribution in [2.45, 2.75) is 39.7 Å². The number of carbonyl (C=O) groups is 2. The zero-order chi connectivity index (χ0) is 14.8. The van der Waals surface area contributed by atoms with E-state index in [1.54, 1.807) is 0 Å². The van der Waals surface area contributed by atoms with Crippen LogP contribution in [-0.4, -0.2) is 23.4 Å². The van der Waals surface area contributed by atoms with Gasteiger partial charge in [0.2, 0.25) is 0 Å². The average Bonchev–Trinajstić information content (AvgIpc) is 2.78. The zero-order valence-electron chi connectivity index (χ0n) is 11.5. The summed E-state index contributed by atoms with van der Waals surface area (Å²) in [5.41, 5.74) is 10.7. The molecule has 1 atom stereocenters. The third kappa shape index (κ3) is 6.88. The van der Waals surface area contributed by atoms with E-state index < -0.39 is 18.0 Å². The maximum atomic E-state index is 10.9. The molecule has 0 radical (unpaired) electrons. The van der Waals surface area contributed by atoms with Gasteiger partial charge in [-0.2, -0.15) is 0 Å². The molecule has 0 spiro atoms. The summed E-state index contributed by atoms with van der Waals surface area (Å²) in [5.74, 6) is -1.01. The molecule has 7 heteroatoms. The molecule has 0 bridgehead atoms. The largest absolute Gasteiger partial charge is 0.455 e. The molecule has 0 saturated heterocycles. The predicted molar refractivity (Wildman–Crippen MR) is 74.8 cm³/mol. The lowest BCUT2D eigenvalue weighted by molar-refractivity contribution is -0.146. The second-order valence-electron chi connectivity index (χ2n) is 3.82. The number of amides is 1. The van der Waals surface area contributed by atoms with Crippen molar-refractivity contribution in [3.05, 3.63) is 16.1 Å². The van der Waals surface area contributed by atoms with Crippen molar-refractivity contribution in [3.8, 4) is 0 Å². The molecular weight excluding hydrogens is 266 g/mol. The number of rotatable bonds is 5. The zero-order valence-corrected chi connectivity index (χ0v) is 12.3. The SMILES string of the molecule is CC(=O)OC(CCN)c1nc(C(N)=O)cs1.CCC. The van der Waals surface area contributed by atoms with Gasteiger partial charge >= 0.3 is 5.97 Å². The Labute approximate surface area is 117 Å². The average molecular weight is 287 g/mol. The standard InChI is InChI=1S/C9H13N3O3S.C3H8/c1-5(13)15-7(2-3-10)9-12-6(4-16-9)8(11)14;1-3-2/h4,7H,2-3,10H2,1H3,(H2,11,14);3H2,1-2H3. The van der Waals surface area contributed by atoms with E-state index in [2.05, 4.69) is 18.8 Å². The first kappa shape index (κ1) is 17.5. The Morgan fingerprint density at radius 2 is 2.05 bits per heavy atom. The van der Waals surface area contributed by atoms with Crippen molar-refractivity contribution < 1.29 is 14.3 Å². The molecule has 1 unspecified atom stereocenters. The highest BCUT2D eigenvalue weighted by molar-refractivity contribution is 7.09. The van der Waals surface area contributed by atoms with Gasteiger partial charge in [0.05, 0.1) is 0 Å². The fraction of sp³-hybridized carbons (Fsp3) is 0.583. The Bertz CT molecular complexity index is 407. The molecular formula is C12H21N3O3S. The van der Waals surface area contributed by atoms with Crippen LogP contribution in [0.3, 0.4) is 0 Å². The number of ether oxygens (including phenoxy) is 1. The lowest BCUT2D eigenvalue weighted by Crippen LogP contribution is -2.15. The van der Waals surface area contributed by atoms with Gasteiger partial charge in [0.25, 0.3) is 5.91 Å². The van der Waals surface area contributed by atoms with Gasteiger partial charge in [0.15, 0.2) is 6.10 Å². The topological polar surface area (TPSA) is 108 Å². The van der Waals surface area contributed by atoms with Crippen molar-refractivity contribution in [1.82, 2.24) is 4.98 Å². The second kappa shape index (κ2) is 9.46. The first-order chi connectivity index (χ1) is 8.96. The van der Waals surface area contributed by atoms with Crippen LogP contribution in [0.2, 0.25) is 0 Å². The van der Waals surface area contributed by atoms with Crippen LogP contribution >= 0.6 is 11.3 Å². The Hall–Kier alpha value is -1.47. The molecule has 1 aromatic rings. The van der Waals surface area contributed by atoms with E-state index in [0.29, 0.717) is 18.0 Å². The molecule has 1 rings (SSSR count). The fourth-order valence-electron chi connectivity index (χ4n) is 1.13. The summed E-state index contributed by atoms with van der Waals surface area (Å²) in [6, 6.07) is 0. The lowest BCUT2D eigenvalue weighted by Gasteiger charge is -2.12. The normalized spacial score (nSPS) is 11.2. The molecule has 0 aromatic carbocycles. The number of aromatic nitrogens is 1. The van der Waals surface area contributed by atoms with Gasteiger partial charge < -0.3 is 16.2 Å². The lowest BCUT2D eigenvalue weighted by atomic mass is 10.2. The van der Waals surface area contributed by atoms with Gasteiger partial charge in [0.1, 0.15) is 10.7 Å². The smallest absolute Gasteiger partial charge is 0.303 e. The molecule has 19 heavy (non-hydrogen) atoms. The highest BCUT2D eigenvalue weighted by atomic mass is 32.1. The summed E-state index contributed by atoms with van der Waals surface area (Å²) in [6.07, 6.45) is 1.21. The van der Waals surface area contributed by atoms with Crippen molar-refractivity contribution in [3.63, 3.8) is 0 Å². The molecule has 0 aliphatic heterocycles. The van der Waals surface area contributed by atoms with Crippen LogP contribution in [-0.2, 0) is 9.53 Å². The van der Waals surface area contributed by atoms with Crippen LogP contribution in [0.15, 0.2) is 5.38 Å². The van der Waals surface area contributed by atoms with Crippen LogP contribution in [0.4, 0.5) is 0 Å². The Balaban J connectivity index is 0.000000982. The number of esters is 1. The van der Waals surface area contributed by atoms with Gasteiger partial charge in [-0.25, -0.2) is 4.98 Å². The van der Waals surface area contributed by atoms with Gasteiger partial charge in [-0.05, 0) is 6.54 Å². The van der Waals surface area contributed by atoms with Crippen molar-refractivity contribution in [1.29, 1.82) is 0 Å². The van der Waals surface area contributed by atoms with Crippen molar-refractivity contribution in [2.75, 3.05) is 6.54 Å². The highest BCUT2D eigenvalue weighted by Crippen LogP contribution is 2.24. The summed E-state index contributed by atoms with van der Waals surface area (Å²) < 4.78 is 5.05. The number of primary amides is 1. The minimum Gasteiger partial charge on any atom is -0.455 e. The van der Waals surface area contributed by atoms with Crippen molar-refractivity contribution in [2.24, 2.45) is 11.5 Å². The molecule has 0 fully saturated rings. The molecule has 1 amide bonds. The number of hydrogen-bond donors (Lipinski definition) is 2. The first-order valence-corrected chi connectivity index (χ1v) is 6.96. The molecule has 0 aliphatic carbocycles. The summed E-state index contributed by atoms with van der Waals surface area (Å²) in [5, 5.41) is 2.07. The Kier molecular flexibility index (Phi) is 8.73. The second-order valence-corrected chi connectivity index (χ2v) is 4.71. The van der Waals surface area contributed by atoms with E-state index in [1.165, 1.54) is 30.1 Å². The quantitative estimate of drug-likeness (QED) is 0.800. The number of nitrogens with zero attached hydrogens (tertiary/aromatic N) is 1.